The Kier molecular flexibility index (Phi) is 6.62. The van der Waals surface area contributed by atoms with E-state index in [1.807, 2.05) is 27.7 Å². The van der Waals surface area contributed by atoms with Crippen LogP contribution in [0, 0.1) is 5.92 Å². The van der Waals surface area contributed by atoms with E-state index in [0.29, 0.717) is 18.0 Å². The third-order valence-electron chi connectivity index (χ3n) is 2.63. The lowest BCUT2D eigenvalue weighted by Crippen LogP contribution is -2.39. The minimum Gasteiger partial charge on any atom is -0.444 e. The molecule has 1 heterocycles. The van der Waals surface area contributed by atoms with Gasteiger partial charge in [-0.05, 0) is 26.7 Å². The summed E-state index contributed by atoms with van der Waals surface area (Å²) in [6, 6.07) is 0. The number of rotatable bonds is 5. The zero-order valence-electron chi connectivity index (χ0n) is 13.5. The summed E-state index contributed by atoms with van der Waals surface area (Å²) in [6.45, 7) is 8.31. The van der Waals surface area contributed by atoms with Crippen LogP contribution in [-0.2, 0) is 4.74 Å². The van der Waals surface area contributed by atoms with E-state index in [1.54, 1.807) is 7.05 Å². The highest BCUT2D eigenvalue weighted by atomic mass is 35.5. The van der Waals surface area contributed by atoms with Crippen LogP contribution in [-0.4, -0.2) is 47.6 Å². The minimum atomic E-state index is -0.522. The zero-order chi connectivity index (χ0) is 16.9. The Morgan fingerprint density at radius 2 is 2.14 bits per heavy atom. The number of ether oxygens (including phenoxy) is 1. The number of carbonyl (C=O) groups is 2. The maximum Gasteiger partial charge on any atom is 0.410 e. The molecule has 1 N–H and O–H groups in total. The molecule has 0 aromatic carbocycles. The summed E-state index contributed by atoms with van der Waals surface area (Å²) < 4.78 is 5.28. The number of aromatic nitrogens is 1. The second-order valence-corrected chi connectivity index (χ2v) is 7.36. The van der Waals surface area contributed by atoms with Gasteiger partial charge in [0.2, 0.25) is 0 Å². The molecular formula is C14H22ClN3O3S. The summed E-state index contributed by atoms with van der Waals surface area (Å²) in [7, 11) is 1.67. The van der Waals surface area contributed by atoms with Crippen molar-refractivity contribution in [1.82, 2.24) is 15.2 Å². The van der Waals surface area contributed by atoms with Crippen molar-refractivity contribution in [2.75, 3.05) is 20.1 Å². The van der Waals surface area contributed by atoms with Gasteiger partial charge in [0.05, 0.1) is 5.51 Å². The van der Waals surface area contributed by atoms with Crippen LogP contribution >= 0.6 is 22.9 Å². The van der Waals surface area contributed by atoms with Gasteiger partial charge < -0.3 is 15.0 Å². The van der Waals surface area contributed by atoms with Crippen LogP contribution in [0.2, 0.25) is 5.15 Å². The van der Waals surface area contributed by atoms with Crippen molar-refractivity contribution in [2.24, 2.45) is 5.92 Å². The van der Waals surface area contributed by atoms with Gasteiger partial charge in [-0.1, -0.05) is 18.5 Å². The first-order chi connectivity index (χ1) is 10.1. The quantitative estimate of drug-likeness (QED) is 0.888. The topological polar surface area (TPSA) is 71.5 Å². The number of hydrogen-bond donors (Lipinski definition) is 1. The van der Waals surface area contributed by atoms with Gasteiger partial charge >= 0.3 is 6.09 Å². The molecule has 0 aliphatic carbocycles. The van der Waals surface area contributed by atoms with Crippen LogP contribution in [0.5, 0.6) is 0 Å². The second kappa shape index (κ2) is 7.78. The maximum atomic E-state index is 11.9. The van der Waals surface area contributed by atoms with Gasteiger partial charge in [0.25, 0.3) is 5.91 Å². The third kappa shape index (κ3) is 6.19. The molecule has 0 aliphatic heterocycles. The first-order valence-corrected chi connectivity index (χ1v) is 8.17. The number of thiazole rings is 1. The van der Waals surface area contributed by atoms with E-state index >= 15 is 0 Å². The maximum absolute atomic E-state index is 11.9. The van der Waals surface area contributed by atoms with Crippen LogP contribution in [0.4, 0.5) is 4.79 Å². The molecule has 1 aromatic heterocycles. The average molecular weight is 348 g/mol. The highest BCUT2D eigenvalue weighted by Gasteiger charge is 2.21. The highest BCUT2D eigenvalue weighted by Crippen LogP contribution is 2.18. The standard InChI is InChI=1S/C14H22ClN3O3S/c1-9(7-18(5)13(20)21-14(2,3)4)6-16-12(19)10-11(15)17-8-22-10/h8-9H,6-7H2,1-5H3,(H,16,19). The lowest BCUT2D eigenvalue weighted by atomic mass is 10.1. The van der Waals surface area contributed by atoms with Gasteiger partial charge in [0, 0.05) is 20.1 Å². The molecule has 8 heteroatoms. The van der Waals surface area contributed by atoms with Gasteiger partial charge in [-0.15, -0.1) is 11.3 Å². The molecule has 0 saturated heterocycles. The van der Waals surface area contributed by atoms with Crippen LogP contribution in [0.25, 0.3) is 0 Å². The van der Waals surface area contributed by atoms with E-state index in [4.69, 9.17) is 16.3 Å². The molecule has 0 bridgehead atoms. The van der Waals surface area contributed by atoms with Crippen molar-refractivity contribution in [3.05, 3.63) is 15.5 Å². The molecule has 1 atom stereocenters. The van der Waals surface area contributed by atoms with Crippen LogP contribution < -0.4 is 5.32 Å². The van der Waals surface area contributed by atoms with E-state index < -0.39 is 5.60 Å². The molecule has 0 saturated carbocycles. The van der Waals surface area contributed by atoms with Gasteiger partial charge in [-0.25, -0.2) is 9.78 Å². The summed E-state index contributed by atoms with van der Waals surface area (Å²) in [5.74, 6) is -0.174. The number of hydrogen-bond acceptors (Lipinski definition) is 5. The van der Waals surface area contributed by atoms with E-state index in [0.717, 1.165) is 0 Å². The molecule has 1 aromatic rings. The first kappa shape index (κ1) is 18.7. The van der Waals surface area contributed by atoms with Crippen molar-refractivity contribution in [3.8, 4) is 0 Å². The highest BCUT2D eigenvalue weighted by molar-refractivity contribution is 7.12. The number of halogens is 1. The largest absolute Gasteiger partial charge is 0.444 e. The number of nitrogens with one attached hydrogen (secondary N) is 1. The SMILES string of the molecule is CC(CNC(=O)c1scnc1Cl)CN(C)C(=O)OC(C)(C)C. The molecule has 2 amide bonds. The van der Waals surface area contributed by atoms with Crippen LogP contribution in [0.1, 0.15) is 37.4 Å². The fourth-order valence-corrected chi connectivity index (χ4v) is 2.59. The normalized spacial score (nSPS) is 12.6. The smallest absolute Gasteiger partial charge is 0.410 e. The molecule has 6 nitrogen and oxygen atoms in total. The molecular weight excluding hydrogens is 326 g/mol. The molecule has 0 aliphatic rings. The summed E-state index contributed by atoms with van der Waals surface area (Å²) in [5, 5.41) is 3.00. The number of nitrogens with zero attached hydrogens (tertiary/aromatic N) is 2. The van der Waals surface area contributed by atoms with Crippen LogP contribution in [0.15, 0.2) is 5.51 Å². The van der Waals surface area contributed by atoms with Crippen LogP contribution in [0.3, 0.4) is 0 Å². The van der Waals surface area contributed by atoms with Crippen molar-refractivity contribution in [3.63, 3.8) is 0 Å². The van der Waals surface area contributed by atoms with Crippen molar-refractivity contribution >= 4 is 34.9 Å². The molecule has 1 rings (SSSR count). The molecule has 0 radical (unpaired) electrons. The summed E-state index contributed by atoms with van der Waals surface area (Å²) in [6.07, 6.45) is -0.379. The minimum absolute atomic E-state index is 0.0770. The first-order valence-electron chi connectivity index (χ1n) is 6.91. The molecule has 124 valence electrons. The van der Waals surface area contributed by atoms with E-state index in [1.165, 1.54) is 21.7 Å². The Bertz CT molecular complexity index is 528. The molecule has 1 unspecified atom stereocenters. The summed E-state index contributed by atoms with van der Waals surface area (Å²) >= 11 is 7.00. The molecule has 22 heavy (non-hydrogen) atoms. The molecule has 0 spiro atoms. The summed E-state index contributed by atoms with van der Waals surface area (Å²) in [5.41, 5.74) is 1.00. The predicted molar refractivity (Wildman–Crippen MR) is 87.5 cm³/mol. The van der Waals surface area contributed by atoms with Gasteiger partial charge in [0.15, 0.2) is 5.15 Å². The van der Waals surface area contributed by atoms with Crippen molar-refractivity contribution < 1.29 is 14.3 Å². The van der Waals surface area contributed by atoms with E-state index in [-0.39, 0.29) is 23.1 Å². The van der Waals surface area contributed by atoms with Gasteiger partial charge in [-0.3, -0.25) is 4.79 Å². The third-order valence-corrected chi connectivity index (χ3v) is 3.86. The van der Waals surface area contributed by atoms with Gasteiger partial charge in [-0.2, -0.15) is 0 Å². The monoisotopic (exact) mass is 347 g/mol. The van der Waals surface area contributed by atoms with E-state index in [2.05, 4.69) is 10.3 Å². The molecule has 0 fully saturated rings. The Morgan fingerprint density at radius 1 is 1.50 bits per heavy atom. The average Bonchev–Trinajstić information content (AvgIpc) is 2.80. The Balaban J connectivity index is 2.40. The Morgan fingerprint density at radius 3 is 2.64 bits per heavy atom. The Labute approximate surface area is 139 Å². The number of amides is 2. The van der Waals surface area contributed by atoms with Crippen molar-refractivity contribution in [2.45, 2.75) is 33.3 Å². The van der Waals surface area contributed by atoms with Gasteiger partial charge in [0.1, 0.15) is 10.5 Å². The van der Waals surface area contributed by atoms with Crippen molar-refractivity contribution in [1.29, 1.82) is 0 Å². The fourth-order valence-electron chi connectivity index (χ4n) is 1.67. The lowest BCUT2D eigenvalue weighted by Gasteiger charge is -2.26. The number of carbonyl (C=O) groups excluding carboxylic acids is 2. The fraction of sp³-hybridized carbons (Fsp3) is 0.643. The predicted octanol–water partition coefficient (Wildman–Crippen LogP) is 3.03. The second-order valence-electron chi connectivity index (χ2n) is 6.15. The summed E-state index contributed by atoms with van der Waals surface area (Å²) in [4.78, 5) is 29.5. The lowest BCUT2D eigenvalue weighted by molar-refractivity contribution is 0.0277. The zero-order valence-corrected chi connectivity index (χ0v) is 15.0. The van der Waals surface area contributed by atoms with E-state index in [9.17, 15) is 9.59 Å². The Hall–Kier alpha value is -1.34.